The number of H-pyrrole nitrogens is 1. The van der Waals surface area contributed by atoms with Crippen molar-refractivity contribution in [2.75, 3.05) is 6.54 Å². The molecule has 2 N–H and O–H groups in total. The summed E-state index contributed by atoms with van der Waals surface area (Å²) in [4.78, 5) is 15.8. The van der Waals surface area contributed by atoms with Gasteiger partial charge < -0.3 is 5.32 Å². The Morgan fingerprint density at radius 3 is 2.71 bits per heavy atom. The zero-order chi connectivity index (χ0) is 12.9. The summed E-state index contributed by atoms with van der Waals surface area (Å²) in [5, 5.41) is 9.39. The van der Waals surface area contributed by atoms with E-state index < -0.39 is 0 Å². The molecule has 0 aromatic carbocycles. The van der Waals surface area contributed by atoms with Gasteiger partial charge in [0.25, 0.3) is 5.91 Å². The molecule has 0 aliphatic heterocycles. The Balaban J connectivity index is 2.57. The lowest BCUT2D eigenvalue weighted by Crippen LogP contribution is -2.25. The van der Waals surface area contributed by atoms with E-state index in [-0.39, 0.29) is 17.1 Å². The normalized spacial score (nSPS) is 10.6. The molecule has 92 valence electrons. The number of amides is 1. The molecule has 1 aromatic rings. The lowest BCUT2D eigenvalue weighted by atomic mass is 9.96. The molecule has 0 bridgehead atoms. The summed E-state index contributed by atoms with van der Waals surface area (Å²) >= 11 is 0. The molecule has 1 aromatic heterocycles. The molecule has 0 fully saturated rings. The molecule has 0 radical (unpaired) electrons. The number of aromatic nitrogens is 3. The number of aromatic amines is 1. The fraction of sp³-hybridized carbons (Fsp3) is 0.583. The second-order valence-electron chi connectivity index (χ2n) is 4.69. The van der Waals surface area contributed by atoms with Crippen LogP contribution in [0, 0.1) is 11.8 Å². The Hall–Kier alpha value is -1.83. The third-order valence-electron chi connectivity index (χ3n) is 2.11. The summed E-state index contributed by atoms with van der Waals surface area (Å²) in [6.45, 7) is 8.30. The molecule has 5 nitrogen and oxygen atoms in total. The molecule has 0 saturated carbocycles. The van der Waals surface area contributed by atoms with Gasteiger partial charge in [-0.3, -0.25) is 9.89 Å². The summed E-state index contributed by atoms with van der Waals surface area (Å²) in [6, 6.07) is 0. The predicted molar refractivity (Wildman–Crippen MR) is 65.5 cm³/mol. The Morgan fingerprint density at radius 1 is 1.47 bits per heavy atom. The van der Waals surface area contributed by atoms with Gasteiger partial charge in [0, 0.05) is 18.4 Å². The summed E-state index contributed by atoms with van der Waals surface area (Å²) in [7, 11) is 0. The van der Waals surface area contributed by atoms with E-state index in [0.717, 1.165) is 0 Å². The number of hydrogen-bond donors (Lipinski definition) is 2. The van der Waals surface area contributed by atoms with Gasteiger partial charge in [0.1, 0.15) is 5.82 Å². The van der Waals surface area contributed by atoms with Crippen LogP contribution < -0.4 is 5.32 Å². The highest BCUT2D eigenvalue weighted by Gasteiger charge is 2.20. The molecular formula is C12H18N4O. The summed E-state index contributed by atoms with van der Waals surface area (Å²) < 4.78 is 0. The first-order chi connectivity index (χ1) is 7.95. The average molecular weight is 234 g/mol. The molecule has 0 saturated heterocycles. The summed E-state index contributed by atoms with van der Waals surface area (Å²) in [5.74, 6) is 6.25. The van der Waals surface area contributed by atoms with Crippen LogP contribution in [0.15, 0.2) is 0 Å². The Bertz CT molecular complexity index is 445. The van der Waals surface area contributed by atoms with Crippen molar-refractivity contribution < 1.29 is 4.79 Å². The first-order valence-corrected chi connectivity index (χ1v) is 5.56. The van der Waals surface area contributed by atoms with Crippen molar-refractivity contribution in [3.05, 3.63) is 11.6 Å². The third kappa shape index (κ3) is 3.91. The van der Waals surface area contributed by atoms with Crippen LogP contribution in [0.1, 0.15) is 50.6 Å². The van der Waals surface area contributed by atoms with E-state index in [0.29, 0.717) is 18.8 Å². The molecule has 0 unspecified atom stereocenters. The standard InChI is InChI=1S/C12H18N4O/c1-5-6-7-8-13-10(17)9-14-11(16-15-9)12(2,3)4/h7-8H2,1-4H3,(H,13,17)(H,14,15,16). The molecule has 0 aliphatic carbocycles. The van der Waals surface area contributed by atoms with Crippen molar-refractivity contribution in [1.82, 2.24) is 20.5 Å². The second-order valence-corrected chi connectivity index (χ2v) is 4.69. The number of carbonyl (C=O) groups excluding carboxylic acids is 1. The maximum absolute atomic E-state index is 11.6. The minimum absolute atomic E-state index is 0.140. The summed E-state index contributed by atoms with van der Waals surface area (Å²) in [6.07, 6.45) is 0.638. The number of nitrogens with zero attached hydrogens (tertiary/aromatic N) is 2. The Kier molecular flexibility index (Phi) is 4.27. The van der Waals surface area contributed by atoms with Crippen molar-refractivity contribution in [1.29, 1.82) is 0 Å². The van der Waals surface area contributed by atoms with Gasteiger partial charge in [0.2, 0.25) is 5.82 Å². The highest BCUT2D eigenvalue weighted by atomic mass is 16.2. The van der Waals surface area contributed by atoms with Gasteiger partial charge in [-0.2, -0.15) is 0 Å². The minimum atomic E-state index is -0.269. The molecule has 1 amide bonds. The molecular weight excluding hydrogens is 216 g/mol. The number of nitrogens with one attached hydrogen (secondary N) is 2. The van der Waals surface area contributed by atoms with E-state index in [9.17, 15) is 4.79 Å². The molecule has 0 atom stereocenters. The Morgan fingerprint density at radius 2 is 2.18 bits per heavy atom. The first kappa shape index (κ1) is 13.2. The van der Waals surface area contributed by atoms with Gasteiger partial charge in [-0.25, -0.2) is 4.98 Å². The monoisotopic (exact) mass is 234 g/mol. The van der Waals surface area contributed by atoms with E-state index in [2.05, 4.69) is 32.3 Å². The number of carbonyl (C=O) groups is 1. The second kappa shape index (κ2) is 5.48. The zero-order valence-corrected chi connectivity index (χ0v) is 10.7. The minimum Gasteiger partial charge on any atom is -0.348 e. The van der Waals surface area contributed by atoms with Gasteiger partial charge >= 0.3 is 0 Å². The van der Waals surface area contributed by atoms with Crippen LogP contribution >= 0.6 is 0 Å². The maximum atomic E-state index is 11.6. The average Bonchev–Trinajstić information content (AvgIpc) is 2.72. The van der Waals surface area contributed by atoms with Crippen LogP contribution in [0.25, 0.3) is 0 Å². The summed E-state index contributed by atoms with van der Waals surface area (Å²) in [5.41, 5.74) is -0.140. The van der Waals surface area contributed by atoms with Gasteiger partial charge in [-0.15, -0.1) is 16.9 Å². The molecule has 5 heteroatoms. The lowest BCUT2D eigenvalue weighted by molar-refractivity contribution is 0.0944. The van der Waals surface area contributed by atoms with E-state index >= 15 is 0 Å². The van der Waals surface area contributed by atoms with E-state index in [1.165, 1.54) is 0 Å². The van der Waals surface area contributed by atoms with Crippen LogP contribution in [0.3, 0.4) is 0 Å². The molecule has 1 heterocycles. The SMILES string of the molecule is CC#CCCNC(=O)c1n[nH]c(C(C)(C)C)n1. The van der Waals surface area contributed by atoms with Crippen LogP contribution in [-0.2, 0) is 5.41 Å². The van der Waals surface area contributed by atoms with Crippen molar-refractivity contribution in [3.63, 3.8) is 0 Å². The third-order valence-corrected chi connectivity index (χ3v) is 2.11. The Labute approximate surface area is 101 Å². The molecule has 1 rings (SSSR count). The quantitative estimate of drug-likeness (QED) is 0.610. The topological polar surface area (TPSA) is 70.7 Å². The van der Waals surface area contributed by atoms with E-state index in [1.807, 2.05) is 20.8 Å². The van der Waals surface area contributed by atoms with Gasteiger partial charge in [0.15, 0.2) is 0 Å². The fourth-order valence-electron chi connectivity index (χ4n) is 1.14. The van der Waals surface area contributed by atoms with Gasteiger partial charge in [0.05, 0.1) is 0 Å². The number of rotatable bonds is 3. The molecule has 17 heavy (non-hydrogen) atoms. The largest absolute Gasteiger partial charge is 0.348 e. The van der Waals surface area contributed by atoms with Crippen molar-refractivity contribution in [2.45, 2.75) is 39.5 Å². The predicted octanol–water partition coefficient (Wildman–Crippen LogP) is 1.25. The smallest absolute Gasteiger partial charge is 0.290 e. The molecule has 0 spiro atoms. The van der Waals surface area contributed by atoms with Crippen LogP contribution in [-0.4, -0.2) is 27.6 Å². The first-order valence-electron chi connectivity index (χ1n) is 5.56. The highest BCUT2D eigenvalue weighted by molar-refractivity contribution is 5.90. The van der Waals surface area contributed by atoms with Crippen LogP contribution in [0.2, 0.25) is 0 Å². The van der Waals surface area contributed by atoms with Crippen molar-refractivity contribution in [3.8, 4) is 11.8 Å². The molecule has 0 aliphatic rings. The maximum Gasteiger partial charge on any atom is 0.290 e. The highest BCUT2D eigenvalue weighted by Crippen LogP contribution is 2.17. The zero-order valence-electron chi connectivity index (χ0n) is 10.7. The van der Waals surface area contributed by atoms with E-state index in [4.69, 9.17) is 0 Å². The van der Waals surface area contributed by atoms with Crippen molar-refractivity contribution >= 4 is 5.91 Å². The van der Waals surface area contributed by atoms with E-state index in [1.54, 1.807) is 6.92 Å². The number of hydrogen-bond acceptors (Lipinski definition) is 3. The lowest BCUT2D eigenvalue weighted by Gasteiger charge is -2.12. The van der Waals surface area contributed by atoms with Crippen LogP contribution in [0.4, 0.5) is 0 Å². The van der Waals surface area contributed by atoms with Crippen LogP contribution in [0.5, 0.6) is 0 Å². The fourth-order valence-corrected chi connectivity index (χ4v) is 1.14. The van der Waals surface area contributed by atoms with Crippen molar-refractivity contribution in [2.24, 2.45) is 0 Å². The van der Waals surface area contributed by atoms with Gasteiger partial charge in [-0.1, -0.05) is 20.8 Å². The van der Waals surface area contributed by atoms with Gasteiger partial charge in [-0.05, 0) is 6.92 Å².